The molecule has 0 radical (unpaired) electrons. The SMILES string of the molecule is Cn1c(=O)oc2cc(C(=O)c3ccc(F)cc3F)ccc21. The van der Waals surface area contributed by atoms with Crippen molar-refractivity contribution in [2.75, 3.05) is 0 Å². The predicted molar refractivity (Wildman–Crippen MR) is 71.2 cm³/mol. The second kappa shape index (κ2) is 4.66. The highest BCUT2D eigenvalue weighted by molar-refractivity contribution is 6.10. The van der Waals surface area contributed by atoms with Gasteiger partial charge in [-0.2, -0.15) is 0 Å². The fourth-order valence-electron chi connectivity index (χ4n) is 2.10. The second-order valence-electron chi connectivity index (χ2n) is 4.56. The molecule has 0 saturated heterocycles. The number of hydrogen-bond acceptors (Lipinski definition) is 3. The molecular formula is C15H9F2NO3. The molecule has 2 aromatic carbocycles. The summed E-state index contributed by atoms with van der Waals surface area (Å²) in [5, 5.41) is 0. The summed E-state index contributed by atoms with van der Waals surface area (Å²) < 4.78 is 32.8. The first-order valence-electron chi connectivity index (χ1n) is 6.06. The third kappa shape index (κ3) is 2.14. The fraction of sp³-hybridized carbons (Fsp3) is 0.0667. The first-order valence-corrected chi connectivity index (χ1v) is 6.06. The normalized spacial score (nSPS) is 11.0. The minimum absolute atomic E-state index is 0.155. The van der Waals surface area contributed by atoms with E-state index in [1.807, 2.05) is 0 Å². The summed E-state index contributed by atoms with van der Waals surface area (Å²) >= 11 is 0. The van der Waals surface area contributed by atoms with Crippen LogP contribution >= 0.6 is 0 Å². The van der Waals surface area contributed by atoms with E-state index in [1.54, 1.807) is 0 Å². The number of halogens is 2. The van der Waals surface area contributed by atoms with E-state index in [2.05, 4.69) is 0 Å². The zero-order valence-electron chi connectivity index (χ0n) is 10.9. The summed E-state index contributed by atoms with van der Waals surface area (Å²) in [5.74, 6) is -2.85. The van der Waals surface area contributed by atoms with Crippen molar-refractivity contribution in [2.24, 2.45) is 7.05 Å². The van der Waals surface area contributed by atoms with Gasteiger partial charge in [0.15, 0.2) is 11.4 Å². The molecule has 0 unspecified atom stereocenters. The van der Waals surface area contributed by atoms with Crippen molar-refractivity contribution in [1.82, 2.24) is 4.57 Å². The van der Waals surface area contributed by atoms with Gasteiger partial charge in [0.25, 0.3) is 0 Å². The maximum atomic E-state index is 13.6. The Labute approximate surface area is 117 Å². The van der Waals surface area contributed by atoms with Crippen LogP contribution in [0.2, 0.25) is 0 Å². The van der Waals surface area contributed by atoms with Gasteiger partial charge < -0.3 is 4.42 Å². The molecule has 21 heavy (non-hydrogen) atoms. The van der Waals surface area contributed by atoms with E-state index in [9.17, 15) is 18.4 Å². The lowest BCUT2D eigenvalue weighted by Crippen LogP contribution is -2.08. The molecule has 0 aliphatic heterocycles. The molecular weight excluding hydrogens is 280 g/mol. The molecule has 1 aromatic heterocycles. The highest BCUT2D eigenvalue weighted by Crippen LogP contribution is 2.19. The summed E-state index contributed by atoms with van der Waals surface area (Å²) in [6, 6.07) is 7.10. The van der Waals surface area contributed by atoms with Crippen molar-refractivity contribution >= 4 is 16.9 Å². The van der Waals surface area contributed by atoms with E-state index < -0.39 is 23.2 Å². The summed E-state index contributed by atoms with van der Waals surface area (Å²) in [5.41, 5.74) is 0.670. The molecule has 0 atom stereocenters. The standard InChI is InChI=1S/C15H9F2NO3/c1-18-12-5-2-8(6-13(12)21-15(18)20)14(19)10-4-3-9(16)7-11(10)17/h2-7H,1H3. The summed E-state index contributed by atoms with van der Waals surface area (Å²) in [4.78, 5) is 23.6. The fourth-order valence-corrected chi connectivity index (χ4v) is 2.10. The number of rotatable bonds is 2. The first kappa shape index (κ1) is 13.2. The van der Waals surface area contributed by atoms with Crippen LogP contribution in [0.1, 0.15) is 15.9 Å². The number of aromatic nitrogens is 1. The third-order valence-corrected chi connectivity index (χ3v) is 3.23. The number of ketones is 1. The number of aryl methyl sites for hydroxylation is 1. The van der Waals surface area contributed by atoms with Gasteiger partial charge in [0, 0.05) is 18.7 Å². The number of oxazole rings is 1. The molecule has 0 amide bonds. The molecule has 0 fully saturated rings. The van der Waals surface area contributed by atoms with Gasteiger partial charge in [-0.1, -0.05) is 0 Å². The molecule has 0 spiro atoms. The lowest BCUT2D eigenvalue weighted by molar-refractivity contribution is 0.103. The van der Waals surface area contributed by atoms with Crippen molar-refractivity contribution in [2.45, 2.75) is 0 Å². The maximum Gasteiger partial charge on any atom is 0.419 e. The number of fused-ring (bicyclic) bond motifs is 1. The van der Waals surface area contributed by atoms with Gasteiger partial charge in [-0.25, -0.2) is 13.6 Å². The molecule has 1 heterocycles. The van der Waals surface area contributed by atoms with Gasteiger partial charge in [0.1, 0.15) is 11.6 Å². The molecule has 0 N–H and O–H groups in total. The highest BCUT2D eigenvalue weighted by Gasteiger charge is 2.16. The second-order valence-corrected chi connectivity index (χ2v) is 4.56. The Morgan fingerprint density at radius 1 is 1.14 bits per heavy atom. The Balaban J connectivity index is 2.11. The number of carbonyl (C=O) groups excluding carboxylic acids is 1. The maximum absolute atomic E-state index is 13.6. The Kier molecular flexibility index (Phi) is 2.94. The van der Waals surface area contributed by atoms with Crippen LogP contribution in [0.4, 0.5) is 8.78 Å². The Bertz CT molecular complexity index is 924. The van der Waals surface area contributed by atoms with Crippen molar-refractivity contribution < 1.29 is 18.0 Å². The number of nitrogens with zero attached hydrogens (tertiary/aromatic N) is 1. The van der Waals surface area contributed by atoms with Gasteiger partial charge in [-0.3, -0.25) is 9.36 Å². The molecule has 0 bridgehead atoms. The lowest BCUT2D eigenvalue weighted by Gasteiger charge is -2.03. The van der Waals surface area contributed by atoms with Crippen LogP contribution < -0.4 is 5.76 Å². The zero-order chi connectivity index (χ0) is 15.1. The van der Waals surface area contributed by atoms with Gasteiger partial charge in [-0.15, -0.1) is 0 Å². The Hall–Kier alpha value is -2.76. The van der Waals surface area contributed by atoms with Crippen molar-refractivity contribution in [1.29, 1.82) is 0 Å². The molecule has 6 heteroatoms. The quantitative estimate of drug-likeness (QED) is 0.681. The largest absolute Gasteiger partial charge is 0.419 e. The monoisotopic (exact) mass is 289 g/mol. The van der Waals surface area contributed by atoms with Crippen LogP contribution in [0.15, 0.2) is 45.6 Å². The summed E-state index contributed by atoms with van der Waals surface area (Å²) in [6.07, 6.45) is 0. The average molecular weight is 289 g/mol. The van der Waals surface area contributed by atoms with Crippen molar-refractivity contribution in [3.05, 3.63) is 69.7 Å². The number of hydrogen-bond donors (Lipinski definition) is 0. The van der Waals surface area contributed by atoms with Crippen LogP contribution in [0.3, 0.4) is 0 Å². The van der Waals surface area contributed by atoms with E-state index in [1.165, 1.54) is 29.8 Å². The van der Waals surface area contributed by atoms with Gasteiger partial charge in [0.2, 0.25) is 0 Å². The average Bonchev–Trinajstić information content (AvgIpc) is 2.73. The Morgan fingerprint density at radius 2 is 1.90 bits per heavy atom. The van der Waals surface area contributed by atoms with Crippen LogP contribution in [-0.2, 0) is 7.05 Å². The van der Waals surface area contributed by atoms with Gasteiger partial charge >= 0.3 is 5.76 Å². The smallest absolute Gasteiger partial charge is 0.408 e. The molecule has 106 valence electrons. The van der Waals surface area contributed by atoms with E-state index in [0.717, 1.165) is 12.1 Å². The highest BCUT2D eigenvalue weighted by atomic mass is 19.1. The van der Waals surface area contributed by atoms with Crippen LogP contribution in [-0.4, -0.2) is 10.4 Å². The van der Waals surface area contributed by atoms with Crippen LogP contribution in [0.25, 0.3) is 11.1 Å². The lowest BCUT2D eigenvalue weighted by atomic mass is 10.0. The molecule has 3 aromatic rings. The van der Waals surface area contributed by atoms with Gasteiger partial charge in [-0.05, 0) is 30.3 Å². The van der Waals surface area contributed by atoms with E-state index in [4.69, 9.17) is 4.42 Å². The molecule has 3 rings (SSSR count). The minimum Gasteiger partial charge on any atom is -0.408 e. The number of carbonyl (C=O) groups is 1. The molecule has 4 nitrogen and oxygen atoms in total. The van der Waals surface area contributed by atoms with Crippen LogP contribution in [0.5, 0.6) is 0 Å². The van der Waals surface area contributed by atoms with Gasteiger partial charge in [0.05, 0.1) is 11.1 Å². The van der Waals surface area contributed by atoms with E-state index in [0.29, 0.717) is 11.6 Å². The Morgan fingerprint density at radius 3 is 2.62 bits per heavy atom. The number of benzene rings is 2. The van der Waals surface area contributed by atoms with E-state index in [-0.39, 0.29) is 16.7 Å². The third-order valence-electron chi connectivity index (χ3n) is 3.23. The topological polar surface area (TPSA) is 52.2 Å². The minimum atomic E-state index is -0.936. The van der Waals surface area contributed by atoms with Crippen LogP contribution in [0, 0.1) is 11.6 Å². The predicted octanol–water partition coefficient (Wildman–Crippen LogP) is 2.64. The van der Waals surface area contributed by atoms with Crippen molar-refractivity contribution in [3.8, 4) is 0 Å². The molecule has 0 aliphatic carbocycles. The van der Waals surface area contributed by atoms with E-state index >= 15 is 0 Å². The zero-order valence-corrected chi connectivity index (χ0v) is 10.9. The molecule has 0 saturated carbocycles. The summed E-state index contributed by atoms with van der Waals surface area (Å²) in [6.45, 7) is 0. The molecule has 0 aliphatic rings. The first-order chi connectivity index (χ1) is 9.97. The summed E-state index contributed by atoms with van der Waals surface area (Å²) in [7, 11) is 1.54. The van der Waals surface area contributed by atoms with Crippen molar-refractivity contribution in [3.63, 3.8) is 0 Å².